The smallest absolute Gasteiger partial charge is 0.334 e. The molecular weight excluding hydrogens is 253 g/mol. The molecule has 0 fully saturated rings. The molecule has 3 nitrogen and oxygen atoms in total. The summed E-state index contributed by atoms with van der Waals surface area (Å²) in [5, 5.41) is 2.49. The molecule has 0 aliphatic carbocycles. The highest BCUT2D eigenvalue weighted by Gasteiger charge is 2.32. The van der Waals surface area contributed by atoms with Gasteiger partial charge in [0.25, 0.3) is 0 Å². The fourth-order valence-corrected chi connectivity index (χ4v) is 1.96. The predicted molar refractivity (Wildman–Crippen MR) is 58.9 cm³/mol. The number of rotatable bonds is 4. The minimum Gasteiger partial charge on any atom is -0.334 e. The number of alkyl halides is 3. The Hall–Kier alpha value is -1.11. The Labute approximate surface area is 101 Å². The third-order valence-corrected chi connectivity index (χ3v) is 2.93. The lowest BCUT2D eigenvalue weighted by atomic mass is 10.3. The fourth-order valence-electron chi connectivity index (χ4n) is 1.35. The highest BCUT2D eigenvalue weighted by molar-refractivity contribution is 7.09. The van der Waals surface area contributed by atoms with Gasteiger partial charge >= 0.3 is 6.18 Å². The van der Waals surface area contributed by atoms with Gasteiger partial charge < -0.3 is 4.90 Å². The van der Waals surface area contributed by atoms with Gasteiger partial charge in [0.1, 0.15) is 6.54 Å². The average molecular weight is 266 g/mol. The first kappa shape index (κ1) is 14.0. The van der Waals surface area contributed by atoms with Crippen molar-refractivity contribution in [1.82, 2.24) is 9.88 Å². The largest absolute Gasteiger partial charge is 0.406 e. The highest BCUT2D eigenvalue weighted by atomic mass is 32.1. The van der Waals surface area contributed by atoms with Gasteiger partial charge in [-0.1, -0.05) is 0 Å². The number of carbonyl (C=O) groups is 1. The van der Waals surface area contributed by atoms with E-state index in [0.717, 1.165) is 9.91 Å². The zero-order chi connectivity index (χ0) is 13.1. The van der Waals surface area contributed by atoms with Crippen LogP contribution in [-0.4, -0.2) is 35.1 Å². The molecule has 0 bridgehead atoms. The Morgan fingerprint density at radius 1 is 1.53 bits per heavy atom. The molecule has 17 heavy (non-hydrogen) atoms. The third-order valence-electron chi connectivity index (χ3n) is 2.10. The molecule has 0 aliphatic rings. The molecule has 96 valence electrons. The van der Waals surface area contributed by atoms with E-state index in [0.29, 0.717) is 5.69 Å². The predicted octanol–water partition coefficient (Wildman–Crippen LogP) is 2.40. The van der Waals surface area contributed by atoms with Crippen LogP contribution < -0.4 is 0 Å². The first-order chi connectivity index (χ1) is 7.81. The number of carbonyl (C=O) groups excluding carboxylic acids is 1. The van der Waals surface area contributed by atoms with Crippen LogP contribution in [0.4, 0.5) is 13.2 Å². The number of halogens is 3. The topological polar surface area (TPSA) is 33.2 Å². The Kier molecular flexibility index (Phi) is 4.50. The zero-order valence-electron chi connectivity index (χ0n) is 9.54. The number of aryl methyl sites for hydroxylation is 1. The van der Waals surface area contributed by atoms with E-state index in [1.54, 1.807) is 12.3 Å². The summed E-state index contributed by atoms with van der Waals surface area (Å²) in [6.07, 6.45) is -4.43. The summed E-state index contributed by atoms with van der Waals surface area (Å²) in [4.78, 5) is 16.5. The van der Waals surface area contributed by atoms with Crippen LogP contribution in [-0.2, 0) is 11.2 Å². The Morgan fingerprint density at radius 2 is 2.18 bits per heavy atom. The Morgan fingerprint density at radius 3 is 2.59 bits per heavy atom. The minimum absolute atomic E-state index is 0.0431. The van der Waals surface area contributed by atoms with Gasteiger partial charge in [0.15, 0.2) is 0 Å². The number of nitrogens with zero attached hydrogens (tertiary/aromatic N) is 2. The molecule has 1 heterocycles. The molecule has 1 aromatic heterocycles. The molecule has 0 radical (unpaired) electrons. The second-order valence-electron chi connectivity index (χ2n) is 3.56. The average Bonchev–Trinajstić information content (AvgIpc) is 2.59. The number of hydrogen-bond acceptors (Lipinski definition) is 3. The number of likely N-dealkylation sites (N-methyl/N-ethyl adjacent to an activating group) is 1. The van der Waals surface area contributed by atoms with E-state index >= 15 is 0 Å². The maximum atomic E-state index is 12.2. The SMILES string of the molecule is CCN(CC(F)(F)F)C(=O)Cc1csc(C)n1. The number of aromatic nitrogens is 1. The van der Waals surface area contributed by atoms with Crippen LogP contribution in [0.3, 0.4) is 0 Å². The summed E-state index contributed by atoms with van der Waals surface area (Å²) in [6.45, 7) is 2.15. The summed E-state index contributed by atoms with van der Waals surface area (Å²) < 4.78 is 36.6. The van der Waals surface area contributed by atoms with Crippen LogP contribution in [0.25, 0.3) is 0 Å². The first-order valence-corrected chi connectivity index (χ1v) is 5.95. The third kappa shape index (κ3) is 4.72. The van der Waals surface area contributed by atoms with Crippen molar-refractivity contribution >= 4 is 17.2 Å². The number of hydrogen-bond donors (Lipinski definition) is 0. The van der Waals surface area contributed by atoms with Crippen LogP contribution in [0.2, 0.25) is 0 Å². The molecule has 0 saturated carbocycles. The van der Waals surface area contributed by atoms with Crippen LogP contribution in [0.5, 0.6) is 0 Å². The van der Waals surface area contributed by atoms with Crippen molar-refractivity contribution in [3.05, 3.63) is 16.1 Å². The van der Waals surface area contributed by atoms with Crippen molar-refractivity contribution < 1.29 is 18.0 Å². The van der Waals surface area contributed by atoms with Crippen LogP contribution >= 0.6 is 11.3 Å². The van der Waals surface area contributed by atoms with Gasteiger partial charge in [0, 0.05) is 11.9 Å². The van der Waals surface area contributed by atoms with Gasteiger partial charge in [0.2, 0.25) is 5.91 Å². The molecule has 0 spiro atoms. The second-order valence-corrected chi connectivity index (χ2v) is 4.62. The van der Waals surface area contributed by atoms with E-state index in [1.807, 2.05) is 0 Å². The summed E-state index contributed by atoms with van der Waals surface area (Å²) >= 11 is 1.37. The summed E-state index contributed by atoms with van der Waals surface area (Å²) in [7, 11) is 0. The van der Waals surface area contributed by atoms with E-state index in [9.17, 15) is 18.0 Å². The van der Waals surface area contributed by atoms with Crippen LogP contribution in [0, 0.1) is 6.92 Å². The standard InChI is InChI=1S/C10H13F3N2OS/c1-3-15(6-10(11,12)13)9(16)4-8-5-17-7(2)14-8/h5H,3-4,6H2,1-2H3. The van der Waals surface area contributed by atoms with Gasteiger partial charge in [-0.25, -0.2) is 4.98 Å². The van der Waals surface area contributed by atoms with Gasteiger partial charge in [0.05, 0.1) is 17.1 Å². The lowest BCUT2D eigenvalue weighted by Crippen LogP contribution is -2.39. The molecule has 1 aromatic rings. The van der Waals surface area contributed by atoms with Crippen LogP contribution in [0.1, 0.15) is 17.6 Å². The Bertz CT molecular complexity index is 389. The number of amides is 1. The summed E-state index contributed by atoms with van der Waals surface area (Å²) in [6, 6.07) is 0. The van der Waals surface area contributed by atoms with E-state index < -0.39 is 18.6 Å². The normalized spacial score (nSPS) is 11.6. The van der Waals surface area contributed by atoms with Gasteiger partial charge in [-0.3, -0.25) is 4.79 Å². The van der Waals surface area contributed by atoms with Crippen molar-refractivity contribution in [1.29, 1.82) is 0 Å². The molecule has 0 atom stereocenters. The van der Waals surface area contributed by atoms with Crippen molar-refractivity contribution in [2.45, 2.75) is 26.4 Å². The maximum absolute atomic E-state index is 12.2. The van der Waals surface area contributed by atoms with Gasteiger partial charge in [-0.15, -0.1) is 11.3 Å². The molecule has 0 N–H and O–H groups in total. The Balaban J connectivity index is 2.61. The summed E-state index contributed by atoms with van der Waals surface area (Å²) in [5.41, 5.74) is 0.526. The van der Waals surface area contributed by atoms with Crippen molar-refractivity contribution in [2.75, 3.05) is 13.1 Å². The minimum atomic E-state index is -4.36. The van der Waals surface area contributed by atoms with Crippen molar-refractivity contribution in [3.8, 4) is 0 Å². The molecule has 0 aliphatic heterocycles. The molecule has 0 saturated heterocycles. The molecule has 1 amide bonds. The van der Waals surface area contributed by atoms with E-state index in [4.69, 9.17) is 0 Å². The monoisotopic (exact) mass is 266 g/mol. The second kappa shape index (κ2) is 5.48. The zero-order valence-corrected chi connectivity index (χ0v) is 10.4. The van der Waals surface area contributed by atoms with Crippen LogP contribution in [0.15, 0.2) is 5.38 Å². The molecule has 1 rings (SSSR count). The van der Waals surface area contributed by atoms with E-state index in [1.165, 1.54) is 18.3 Å². The van der Waals surface area contributed by atoms with Crippen molar-refractivity contribution in [3.63, 3.8) is 0 Å². The maximum Gasteiger partial charge on any atom is 0.406 e. The lowest BCUT2D eigenvalue weighted by Gasteiger charge is -2.21. The first-order valence-electron chi connectivity index (χ1n) is 5.07. The van der Waals surface area contributed by atoms with Crippen molar-refractivity contribution in [2.24, 2.45) is 0 Å². The number of thiazole rings is 1. The molecule has 0 unspecified atom stereocenters. The molecule has 7 heteroatoms. The summed E-state index contributed by atoms with van der Waals surface area (Å²) in [5.74, 6) is -0.546. The van der Waals surface area contributed by atoms with Gasteiger partial charge in [-0.05, 0) is 13.8 Å². The molecule has 0 aromatic carbocycles. The van der Waals surface area contributed by atoms with Gasteiger partial charge in [-0.2, -0.15) is 13.2 Å². The quantitative estimate of drug-likeness (QED) is 0.838. The highest BCUT2D eigenvalue weighted by Crippen LogP contribution is 2.17. The fraction of sp³-hybridized carbons (Fsp3) is 0.600. The lowest BCUT2D eigenvalue weighted by molar-refractivity contribution is -0.160. The van der Waals surface area contributed by atoms with E-state index in [2.05, 4.69) is 4.98 Å². The molecular formula is C10H13F3N2OS. The van der Waals surface area contributed by atoms with E-state index in [-0.39, 0.29) is 13.0 Å².